The summed E-state index contributed by atoms with van der Waals surface area (Å²) in [5.74, 6) is 1.31. The van der Waals surface area contributed by atoms with Gasteiger partial charge in [0.15, 0.2) is 11.5 Å². The van der Waals surface area contributed by atoms with Gasteiger partial charge in [-0.2, -0.15) is 0 Å². The van der Waals surface area contributed by atoms with Crippen molar-refractivity contribution in [1.29, 1.82) is 0 Å². The van der Waals surface area contributed by atoms with Gasteiger partial charge in [-0.1, -0.05) is 0 Å². The van der Waals surface area contributed by atoms with E-state index in [1.807, 2.05) is 23.1 Å². The number of benzene rings is 2. The van der Waals surface area contributed by atoms with Crippen LogP contribution in [0.4, 0.5) is 5.69 Å². The van der Waals surface area contributed by atoms with Crippen LogP contribution in [0.25, 0.3) is 10.9 Å². The second kappa shape index (κ2) is 6.60. The highest BCUT2D eigenvalue weighted by Gasteiger charge is 2.24. The lowest BCUT2D eigenvalue weighted by molar-refractivity contribution is 0.0746. The number of H-pyrrole nitrogens is 1. The van der Waals surface area contributed by atoms with Crippen LogP contribution in [-0.4, -0.2) is 48.8 Å². The van der Waals surface area contributed by atoms with Crippen LogP contribution in [0.5, 0.6) is 11.5 Å². The SMILES string of the molecule is O=C(c1ccc2c(c1)OCO2)N1CCN(c2ccc3[nH]c(=O)ccc3c2)CC1. The summed E-state index contributed by atoms with van der Waals surface area (Å²) in [6.07, 6.45) is 0. The predicted octanol–water partition coefficient (Wildman–Crippen LogP) is 2.22. The van der Waals surface area contributed by atoms with Crippen molar-refractivity contribution in [3.8, 4) is 11.5 Å². The molecule has 1 N–H and O–H groups in total. The second-order valence-electron chi connectivity index (χ2n) is 6.94. The number of pyridine rings is 1. The van der Waals surface area contributed by atoms with Crippen LogP contribution in [0.15, 0.2) is 53.3 Å². The lowest BCUT2D eigenvalue weighted by atomic mass is 10.1. The van der Waals surface area contributed by atoms with E-state index in [9.17, 15) is 9.59 Å². The molecule has 0 atom stereocenters. The number of carbonyl (C=O) groups excluding carboxylic acids is 1. The highest BCUT2D eigenvalue weighted by Crippen LogP contribution is 2.33. The minimum Gasteiger partial charge on any atom is -0.454 e. The van der Waals surface area contributed by atoms with E-state index in [-0.39, 0.29) is 18.3 Å². The molecule has 3 aromatic rings. The highest BCUT2D eigenvalue weighted by atomic mass is 16.7. The molecule has 28 heavy (non-hydrogen) atoms. The van der Waals surface area contributed by atoms with Crippen LogP contribution in [0.2, 0.25) is 0 Å². The molecule has 2 aromatic carbocycles. The van der Waals surface area contributed by atoms with Gasteiger partial charge >= 0.3 is 0 Å². The molecule has 142 valence electrons. The summed E-state index contributed by atoms with van der Waals surface area (Å²) in [7, 11) is 0. The topological polar surface area (TPSA) is 74.9 Å². The van der Waals surface area contributed by atoms with Gasteiger partial charge in [0.25, 0.3) is 5.91 Å². The van der Waals surface area contributed by atoms with E-state index in [1.165, 1.54) is 6.07 Å². The Hall–Kier alpha value is -3.48. The van der Waals surface area contributed by atoms with E-state index in [4.69, 9.17) is 9.47 Å². The Morgan fingerprint density at radius 2 is 1.71 bits per heavy atom. The average Bonchev–Trinajstić information content (AvgIpc) is 3.21. The zero-order valence-corrected chi connectivity index (χ0v) is 15.2. The number of anilines is 1. The summed E-state index contributed by atoms with van der Waals surface area (Å²) in [4.78, 5) is 31.2. The van der Waals surface area contributed by atoms with E-state index in [0.717, 1.165) is 29.7 Å². The fraction of sp³-hybridized carbons (Fsp3) is 0.238. The molecule has 1 fully saturated rings. The number of rotatable bonds is 2. The van der Waals surface area contributed by atoms with Crippen molar-refractivity contribution in [1.82, 2.24) is 9.88 Å². The Morgan fingerprint density at radius 1 is 0.893 bits per heavy atom. The molecule has 1 amide bonds. The molecule has 3 heterocycles. The maximum Gasteiger partial charge on any atom is 0.254 e. The van der Waals surface area contributed by atoms with Gasteiger partial charge in [-0.3, -0.25) is 9.59 Å². The standard InChI is InChI=1S/C21H19N3O4/c25-20-6-2-14-11-16(3-4-17(14)22-20)23-7-9-24(10-8-23)21(26)15-1-5-18-19(12-15)28-13-27-18/h1-6,11-12H,7-10,13H2,(H,22,25). The van der Waals surface area contributed by atoms with Crippen molar-refractivity contribution in [2.45, 2.75) is 0 Å². The number of aromatic amines is 1. The quantitative estimate of drug-likeness (QED) is 0.741. The summed E-state index contributed by atoms with van der Waals surface area (Å²) < 4.78 is 10.7. The molecule has 7 heteroatoms. The van der Waals surface area contributed by atoms with Gasteiger partial charge < -0.3 is 24.3 Å². The van der Waals surface area contributed by atoms with E-state index in [0.29, 0.717) is 30.2 Å². The van der Waals surface area contributed by atoms with Gasteiger partial charge in [0, 0.05) is 54.4 Å². The molecule has 5 rings (SSSR count). The molecular formula is C21H19N3O4. The zero-order valence-electron chi connectivity index (χ0n) is 15.2. The second-order valence-corrected chi connectivity index (χ2v) is 6.94. The van der Waals surface area contributed by atoms with Crippen LogP contribution in [-0.2, 0) is 0 Å². The Morgan fingerprint density at radius 3 is 2.57 bits per heavy atom. The number of nitrogens with zero attached hydrogens (tertiary/aromatic N) is 2. The Bertz CT molecular complexity index is 1120. The maximum atomic E-state index is 12.8. The van der Waals surface area contributed by atoms with Crippen molar-refractivity contribution in [2.24, 2.45) is 0 Å². The first-order valence-corrected chi connectivity index (χ1v) is 9.24. The number of nitrogens with one attached hydrogen (secondary N) is 1. The number of amides is 1. The van der Waals surface area contributed by atoms with Crippen LogP contribution >= 0.6 is 0 Å². The number of piperazine rings is 1. The van der Waals surface area contributed by atoms with Crippen LogP contribution in [0, 0.1) is 0 Å². The third kappa shape index (κ3) is 2.94. The predicted molar refractivity (Wildman–Crippen MR) is 105 cm³/mol. The third-order valence-corrected chi connectivity index (χ3v) is 5.26. The molecule has 0 aliphatic carbocycles. The van der Waals surface area contributed by atoms with Crippen molar-refractivity contribution >= 4 is 22.5 Å². The summed E-state index contributed by atoms with van der Waals surface area (Å²) in [5, 5.41) is 0.996. The van der Waals surface area contributed by atoms with E-state index < -0.39 is 0 Å². The molecular weight excluding hydrogens is 358 g/mol. The molecule has 0 unspecified atom stereocenters. The molecule has 1 saturated heterocycles. The van der Waals surface area contributed by atoms with Crippen LogP contribution in [0.1, 0.15) is 10.4 Å². The minimum absolute atomic E-state index is 0.00837. The normalized spacial score (nSPS) is 15.9. The first-order valence-electron chi connectivity index (χ1n) is 9.24. The van der Waals surface area contributed by atoms with Crippen LogP contribution in [0.3, 0.4) is 0 Å². The summed E-state index contributed by atoms with van der Waals surface area (Å²) in [6, 6.07) is 14.7. The summed E-state index contributed by atoms with van der Waals surface area (Å²) in [6.45, 7) is 3.01. The van der Waals surface area contributed by atoms with Gasteiger partial charge in [0.2, 0.25) is 12.4 Å². The zero-order chi connectivity index (χ0) is 19.1. The van der Waals surface area contributed by atoms with Gasteiger partial charge in [0.1, 0.15) is 0 Å². The first-order chi connectivity index (χ1) is 13.7. The molecule has 0 bridgehead atoms. The smallest absolute Gasteiger partial charge is 0.254 e. The number of carbonyl (C=O) groups is 1. The third-order valence-electron chi connectivity index (χ3n) is 5.26. The van der Waals surface area contributed by atoms with Gasteiger partial charge in [-0.05, 0) is 42.5 Å². The number of aromatic nitrogens is 1. The lowest BCUT2D eigenvalue weighted by Crippen LogP contribution is -2.48. The molecule has 0 spiro atoms. The molecule has 0 radical (unpaired) electrons. The largest absolute Gasteiger partial charge is 0.454 e. The maximum absolute atomic E-state index is 12.8. The number of hydrogen-bond acceptors (Lipinski definition) is 5. The van der Waals surface area contributed by atoms with Crippen molar-refractivity contribution < 1.29 is 14.3 Å². The molecule has 1 aromatic heterocycles. The molecule has 0 saturated carbocycles. The summed E-state index contributed by atoms with van der Waals surface area (Å²) in [5.41, 5.74) is 2.44. The van der Waals surface area contributed by atoms with E-state index >= 15 is 0 Å². The number of ether oxygens (including phenoxy) is 2. The Labute approximate surface area is 161 Å². The van der Waals surface area contributed by atoms with E-state index in [1.54, 1.807) is 18.2 Å². The van der Waals surface area contributed by atoms with Crippen molar-refractivity contribution in [3.05, 3.63) is 64.4 Å². The van der Waals surface area contributed by atoms with E-state index in [2.05, 4.69) is 16.0 Å². The Balaban J connectivity index is 1.29. The fourth-order valence-corrected chi connectivity index (χ4v) is 3.72. The lowest BCUT2D eigenvalue weighted by Gasteiger charge is -2.36. The molecule has 7 nitrogen and oxygen atoms in total. The monoisotopic (exact) mass is 377 g/mol. The number of hydrogen-bond donors (Lipinski definition) is 1. The van der Waals surface area contributed by atoms with Gasteiger partial charge in [-0.25, -0.2) is 0 Å². The van der Waals surface area contributed by atoms with Crippen molar-refractivity contribution in [2.75, 3.05) is 37.9 Å². The fourth-order valence-electron chi connectivity index (χ4n) is 3.72. The summed E-state index contributed by atoms with van der Waals surface area (Å²) >= 11 is 0. The number of fused-ring (bicyclic) bond motifs is 2. The van der Waals surface area contributed by atoms with Crippen LogP contribution < -0.4 is 19.9 Å². The molecule has 2 aliphatic rings. The van der Waals surface area contributed by atoms with Gasteiger partial charge in [0.05, 0.1) is 0 Å². The highest BCUT2D eigenvalue weighted by molar-refractivity contribution is 5.95. The molecule has 2 aliphatic heterocycles. The van der Waals surface area contributed by atoms with Crippen molar-refractivity contribution in [3.63, 3.8) is 0 Å². The minimum atomic E-state index is -0.101. The average molecular weight is 377 g/mol. The van der Waals surface area contributed by atoms with Gasteiger partial charge in [-0.15, -0.1) is 0 Å². The first kappa shape index (κ1) is 16.7. The Kier molecular flexibility index (Phi) is 3.93.